The first-order valence-corrected chi connectivity index (χ1v) is 6.51. The molecule has 1 aromatic rings. The van der Waals surface area contributed by atoms with E-state index in [2.05, 4.69) is 5.32 Å². The van der Waals surface area contributed by atoms with Crippen LogP contribution in [0.4, 0.5) is 4.39 Å². The second kappa shape index (κ2) is 6.52. The molecule has 0 unspecified atom stereocenters. The van der Waals surface area contributed by atoms with Gasteiger partial charge >= 0.3 is 0 Å². The van der Waals surface area contributed by atoms with E-state index in [1.807, 2.05) is 0 Å². The Morgan fingerprint density at radius 3 is 2.95 bits per heavy atom. The van der Waals surface area contributed by atoms with Crippen LogP contribution in [-0.2, 0) is 4.74 Å². The van der Waals surface area contributed by atoms with E-state index >= 15 is 0 Å². The largest absolute Gasteiger partial charge is 0.508 e. The van der Waals surface area contributed by atoms with Crippen LogP contribution in [0.1, 0.15) is 29.6 Å². The molecule has 0 heterocycles. The van der Waals surface area contributed by atoms with Gasteiger partial charge < -0.3 is 15.2 Å². The molecule has 4 nitrogen and oxygen atoms in total. The zero-order chi connectivity index (χ0) is 13.7. The van der Waals surface area contributed by atoms with E-state index in [0.29, 0.717) is 19.6 Å². The maximum atomic E-state index is 13.4. The van der Waals surface area contributed by atoms with Crippen LogP contribution in [0.3, 0.4) is 0 Å². The highest BCUT2D eigenvalue weighted by molar-refractivity contribution is 5.94. The summed E-state index contributed by atoms with van der Waals surface area (Å²) in [6.07, 6.45) is 3.23. The molecular formula is C14H18FNO3. The number of amides is 1. The highest BCUT2D eigenvalue weighted by atomic mass is 19.1. The van der Waals surface area contributed by atoms with Gasteiger partial charge in [-0.1, -0.05) is 0 Å². The molecule has 1 amide bonds. The molecular weight excluding hydrogens is 249 g/mol. The van der Waals surface area contributed by atoms with Gasteiger partial charge in [0.1, 0.15) is 11.6 Å². The SMILES string of the molecule is O=C(NCCCOCC1CC1)c1ccc(O)cc1F. The van der Waals surface area contributed by atoms with Crippen molar-refractivity contribution in [1.82, 2.24) is 5.32 Å². The van der Waals surface area contributed by atoms with Gasteiger partial charge in [-0.25, -0.2) is 4.39 Å². The van der Waals surface area contributed by atoms with Crippen LogP contribution in [0.2, 0.25) is 0 Å². The number of hydrogen-bond acceptors (Lipinski definition) is 3. The Kier molecular flexibility index (Phi) is 4.74. The molecule has 1 fully saturated rings. The number of carbonyl (C=O) groups is 1. The first-order valence-electron chi connectivity index (χ1n) is 6.51. The lowest BCUT2D eigenvalue weighted by Gasteiger charge is -2.07. The summed E-state index contributed by atoms with van der Waals surface area (Å²) in [5, 5.41) is 11.7. The minimum Gasteiger partial charge on any atom is -0.508 e. The van der Waals surface area contributed by atoms with Crippen LogP contribution >= 0.6 is 0 Å². The van der Waals surface area contributed by atoms with Crippen LogP contribution < -0.4 is 5.32 Å². The molecule has 2 N–H and O–H groups in total. The fourth-order valence-electron chi connectivity index (χ4n) is 1.69. The standard InChI is InChI=1S/C14H18FNO3/c15-13-8-11(17)4-5-12(13)14(18)16-6-1-7-19-9-10-2-3-10/h4-5,8,10,17H,1-3,6-7,9H2,(H,16,18). The van der Waals surface area contributed by atoms with E-state index in [9.17, 15) is 9.18 Å². The Labute approximate surface area is 111 Å². The monoisotopic (exact) mass is 267 g/mol. The third kappa shape index (κ3) is 4.52. The summed E-state index contributed by atoms with van der Waals surface area (Å²) >= 11 is 0. The van der Waals surface area contributed by atoms with Gasteiger partial charge in [0, 0.05) is 25.8 Å². The summed E-state index contributed by atoms with van der Waals surface area (Å²) in [6, 6.07) is 3.48. The quantitative estimate of drug-likeness (QED) is 0.744. The van der Waals surface area contributed by atoms with Gasteiger partial charge in [0.05, 0.1) is 5.56 Å². The fourth-order valence-corrected chi connectivity index (χ4v) is 1.69. The molecule has 1 aliphatic rings. The summed E-state index contributed by atoms with van der Waals surface area (Å²) in [7, 11) is 0. The van der Waals surface area contributed by atoms with E-state index < -0.39 is 11.7 Å². The van der Waals surface area contributed by atoms with Gasteiger partial charge in [-0.15, -0.1) is 0 Å². The number of nitrogens with one attached hydrogen (secondary N) is 1. The van der Waals surface area contributed by atoms with Gasteiger partial charge in [-0.05, 0) is 37.3 Å². The van der Waals surface area contributed by atoms with Crippen LogP contribution in [-0.4, -0.2) is 30.8 Å². The number of phenolic OH excluding ortho intramolecular Hbond substituents is 1. The Morgan fingerprint density at radius 2 is 2.26 bits per heavy atom. The first kappa shape index (κ1) is 13.8. The van der Waals surface area contributed by atoms with Gasteiger partial charge in [0.25, 0.3) is 5.91 Å². The predicted octanol–water partition coefficient (Wildman–Crippen LogP) is 2.08. The second-order valence-corrected chi connectivity index (χ2v) is 4.79. The normalized spacial score (nSPS) is 14.4. The fraction of sp³-hybridized carbons (Fsp3) is 0.500. The molecule has 19 heavy (non-hydrogen) atoms. The lowest BCUT2D eigenvalue weighted by atomic mass is 10.2. The summed E-state index contributed by atoms with van der Waals surface area (Å²) in [4.78, 5) is 11.7. The van der Waals surface area contributed by atoms with Crippen LogP contribution in [0.25, 0.3) is 0 Å². The Hall–Kier alpha value is -1.62. The molecule has 1 saturated carbocycles. The van der Waals surface area contributed by atoms with E-state index in [0.717, 1.165) is 18.6 Å². The number of rotatable bonds is 7. The predicted molar refractivity (Wildman–Crippen MR) is 68.6 cm³/mol. The molecule has 0 saturated heterocycles. The average Bonchev–Trinajstić information content (AvgIpc) is 3.17. The van der Waals surface area contributed by atoms with Crippen molar-refractivity contribution in [2.75, 3.05) is 19.8 Å². The summed E-state index contributed by atoms with van der Waals surface area (Å²) in [5.74, 6) is -0.648. The third-order valence-corrected chi connectivity index (χ3v) is 3.00. The van der Waals surface area contributed by atoms with Crippen molar-refractivity contribution < 1.29 is 19.0 Å². The van der Waals surface area contributed by atoms with E-state index in [1.54, 1.807) is 0 Å². The maximum absolute atomic E-state index is 13.4. The van der Waals surface area contributed by atoms with Gasteiger partial charge in [-0.3, -0.25) is 4.79 Å². The smallest absolute Gasteiger partial charge is 0.254 e. The molecule has 0 spiro atoms. The van der Waals surface area contributed by atoms with Crippen molar-refractivity contribution in [3.63, 3.8) is 0 Å². The lowest BCUT2D eigenvalue weighted by Crippen LogP contribution is -2.26. The summed E-state index contributed by atoms with van der Waals surface area (Å²) in [5.41, 5.74) is -0.0586. The molecule has 0 aliphatic heterocycles. The molecule has 0 radical (unpaired) electrons. The van der Waals surface area contributed by atoms with Crippen molar-refractivity contribution in [1.29, 1.82) is 0 Å². The Balaban J connectivity index is 1.65. The van der Waals surface area contributed by atoms with E-state index in [1.165, 1.54) is 25.0 Å². The maximum Gasteiger partial charge on any atom is 0.254 e. The molecule has 2 rings (SSSR count). The van der Waals surface area contributed by atoms with Gasteiger partial charge in [-0.2, -0.15) is 0 Å². The minimum absolute atomic E-state index is 0.0586. The minimum atomic E-state index is -0.720. The average molecular weight is 267 g/mol. The lowest BCUT2D eigenvalue weighted by molar-refractivity contribution is 0.0933. The molecule has 0 bridgehead atoms. The Morgan fingerprint density at radius 1 is 1.47 bits per heavy atom. The second-order valence-electron chi connectivity index (χ2n) is 4.79. The van der Waals surface area contributed by atoms with Gasteiger partial charge in [0.15, 0.2) is 0 Å². The van der Waals surface area contributed by atoms with Crippen LogP contribution in [0.5, 0.6) is 5.75 Å². The number of ether oxygens (including phenoxy) is 1. The molecule has 5 heteroatoms. The number of benzene rings is 1. The first-order chi connectivity index (χ1) is 9.16. The zero-order valence-electron chi connectivity index (χ0n) is 10.7. The summed E-state index contributed by atoms with van der Waals surface area (Å²) in [6.45, 7) is 1.86. The van der Waals surface area contributed by atoms with E-state index in [-0.39, 0.29) is 11.3 Å². The highest BCUT2D eigenvalue weighted by Crippen LogP contribution is 2.28. The molecule has 1 aliphatic carbocycles. The number of carbonyl (C=O) groups excluding carboxylic acids is 1. The van der Waals surface area contributed by atoms with Gasteiger partial charge in [0.2, 0.25) is 0 Å². The topological polar surface area (TPSA) is 58.6 Å². The molecule has 104 valence electrons. The van der Waals surface area contributed by atoms with Crippen molar-refractivity contribution in [3.05, 3.63) is 29.6 Å². The van der Waals surface area contributed by atoms with Crippen LogP contribution in [0, 0.1) is 11.7 Å². The number of phenols is 1. The molecule has 0 atom stereocenters. The van der Waals surface area contributed by atoms with Crippen molar-refractivity contribution in [2.45, 2.75) is 19.3 Å². The van der Waals surface area contributed by atoms with Crippen molar-refractivity contribution in [3.8, 4) is 5.75 Å². The van der Waals surface area contributed by atoms with E-state index in [4.69, 9.17) is 9.84 Å². The van der Waals surface area contributed by atoms with Crippen molar-refractivity contribution in [2.24, 2.45) is 5.92 Å². The third-order valence-electron chi connectivity index (χ3n) is 3.00. The molecule has 1 aromatic carbocycles. The van der Waals surface area contributed by atoms with Crippen molar-refractivity contribution >= 4 is 5.91 Å². The summed E-state index contributed by atoms with van der Waals surface area (Å²) < 4.78 is 18.8. The number of halogens is 1. The zero-order valence-corrected chi connectivity index (χ0v) is 10.7. The number of aromatic hydroxyl groups is 1. The Bertz CT molecular complexity index is 446. The number of hydrogen-bond donors (Lipinski definition) is 2. The molecule has 0 aromatic heterocycles. The highest BCUT2D eigenvalue weighted by Gasteiger charge is 2.20. The van der Waals surface area contributed by atoms with Crippen LogP contribution in [0.15, 0.2) is 18.2 Å².